The van der Waals surface area contributed by atoms with Gasteiger partial charge in [0, 0.05) is 24.0 Å². The van der Waals surface area contributed by atoms with Crippen LogP contribution in [0.3, 0.4) is 0 Å². The zero-order valence-electron chi connectivity index (χ0n) is 17.0. The van der Waals surface area contributed by atoms with Crippen molar-refractivity contribution in [3.8, 4) is 22.1 Å². The SMILES string of the molecule is CN=C(NCCc1ccc2c(c1)OCO2)NCc1sc(-c2ccccc2)nc1C.I. The number of nitrogens with zero attached hydrogens (tertiary/aromatic N) is 2. The minimum atomic E-state index is 0. The number of ether oxygens (including phenoxy) is 2. The van der Waals surface area contributed by atoms with E-state index in [1.54, 1.807) is 18.4 Å². The van der Waals surface area contributed by atoms with Gasteiger partial charge >= 0.3 is 0 Å². The van der Waals surface area contributed by atoms with Crippen LogP contribution in [0.4, 0.5) is 0 Å². The smallest absolute Gasteiger partial charge is 0.231 e. The number of nitrogens with one attached hydrogen (secondary N) is 2. The second-order valence-electron chi connectivity index (χ2n) is 6.68. The summed E-state index contributed by atoms with van der Waals surface area (Å²) in [5.74, 6) is 2.41. The molecule has 2 aromatic carbocycles. The average Bonchev–Trinajstić information content (AvgIpc) is 3.37. The van der Waals surface area contributed by atoms with E-state index >= 15 is 0 Å². The van der Waals surface area contributed by atoms with Gasteiger partial charge in [-0.25, -0.2) is 4.98 Å². The third-order valence-electron chi connectivity index (χ3n) is 4.70. The molecule has 4 rings (SSSR count). The number of hydrogen-bond donors (Lipinski definition) is 2. The number of aryl methyl sites for hydroxylation is 1. The maximum Gasteiger partial charge on any atom is 0.231 e. The van der Waals surface area contributed by atoms with Crippen molar-refractivity contribution in [3.05, 3.63) is 64.7 Å². The first-order valence-corrected chi connectivity index (χ1v) is 10.4. The van der Waals surface area contributed by atoms with E-state index in [4.69, 9.17) is 14.5 Å². The Bertz CT molecular complexity index is 1010. The van der Waals surface area contributed by atoms with Crippen LogP contribution in [0.15, 0.2) is 53.5 Å². The number of aromatic nitrogens is 1. The summed E-state index contributed by atoms with van der Waals surface area (Å²) in [6, 6.07) is 16.3. The number of aliphatic imine (C=N–C) groups is 1. The first-order valence-electron chi connectivity index (χ1n) is 9.57. The zero-order valence-corrected chi connectivity index (χ0v) is 20.1. The Morgan fingerprint density at radius 2 is 1.90 bits per heavy atom. The van der Waals surface area contributed by atoms with E-state index in [9.17, 15) is 0 Å². The number of halogens is 1. The van der Waals surface area contributed by atoms with Gasteiger partial charge in [0.05, 0.1) is 12.2 Å². The third kappa shape index (κ3) is 5.42. The predicted octanol–water partition coefficient (Wildman–Crippen LogP) is 4.37. The van der Waals surface area contributed by atoms with Gasteiger partial charge in [0.25, 0.3) is 0 Å². The topological polar surface area (TPSA) is 67.8 Å². The number of fused-ring (bicyclic) bond motifs is 1. The largest absolute Gasteiger partial charge is 0.454 e. The van der Waals surface area contributed by atoms with Crippen LogP contribution < -0.4 is 20.1 Å². The van der Waals surface area contributed by atoms with Gasteiger partial charge in [-0.05, 0) is 31.0 Å². The van der Waals surface area contributed by atoms with Gasteiger partial charge in [-0.1, -0.05) is 36.4 Å². The van der Waals surface area contributed by atoms with E-state index in [-0.39, 0.29) is 24.0 Å². The second kappa shape index (κ2) is 10.6. The molecule has 1 aliphatic heterocycles. The number of hydrogen-bond acceptors (Lipinski definition) is 5. The van der Waals surface area contributed by atoms with Crippen molar-refractivity contribution in [1.29, 1.82) is 0 Å². The van der Waals surface area contributed by atoms with Crippen molar-refractivity contribution < 1.29 is 9.47 Å². The third-order valence-corrected chi connectivity index (χ3v) is 5.90. The number of thiazole rings is 1. The van der Waals surface area contributed by atoms with Crippen LogP contribution in [-0.2, 0) is 13.0 Å². The normalized spacial score (nSPS) is 12.4. The highest BCUT2D eigenvalue weighted by molar-refractivity contribution is 14.0. The summed E-state index contributed by atoms with van der Waals surface area (Å²) in [7, 11) is 1.78. The first kappa shape index (κ1) is 22.4. The van der Waals surface area contributed by atoms with Crippen molar-refractivity contribution in [2.45, 2.75) is 19.9 Å². The predicted molar refractivity (Wildman–Crippen MR) is 132 cm³/mol. The second-order valence-corrected chi connectivity index (χ2v) is 7.77. The van der Waals surface area contributed by atoms with Crippen LogP contribution in [0.5, 0.6) is 11.5 Å². The molecule has 0 saturated carbocycles. The number of rotatable bonds is 6. The van der Waals surface area contributed by atoms with Gasteiger partial charge in [0.15, 0.2) is 17.5 Å². The maximum absolute atomic E-state index is 5.44. The van der Waals surface area contributed by atoms with Crippen molar-refractivity contribution >= 4 is 41.3 Å². The lowest BCUT2D eigenvalue weighted by Crippen LogP contribution is -2.37. The molecule has 0 aliphatic carbocycles. The summed E-state index contributed by atoms with van der Waals surface area (Å²) < 4.78 is 10.8. The van der Waals surface area contributed by atoms with E-state index in [0.29, 0.717) is 13.3 Å². The molecule has 1 aliphatic rings. The van der Waals surface area contributed by atoms with Gasteiger partial charge < -0.3 is 20.1 Å². The Kier molecular flexibility index (Phi) is 7.92. The van der Waals surface area contributed by atoms with E-state index in [1.807, 2.05) is 30.3 Å². The molecule has 0 saturated heterocycles. The molecule has 2 heterocycles. The van der Waals surface area contributed by atoms with Crippen LogP contribution >= 0.6 is 35.3 Å². The van der Waals surface area contributed by atoms with Crippen LogP contribution in [-0.4, -0.2) is 31.3 Å². The lowest BCUT2D eigenvalue weighted by atomic mass is 10.1. The number of guanidine groups is 1. The molecular weight excluding hydrogens is 511 g/mol. The molecule has 0 radical (unpaired) electrons. The standard InChI is InChI=1S/C22H24N4O2S.HI/c1-15-20(29-21(26-15)17-6-4-3-5-7-17)13-25-22(23-2)24-11-10-16-8-9-18-19(12-16)28-14-27-18;/h3-9,12H,10-11,13-14H2,1-2H3,(H2,23,24,25);1H. The lowest BCUT2D eigenvalue weighted by Gasteiger charge is -2.11. The number of benzene rings is 2. The molecular formula is C22H25IN4O2S. The Morgan fingerprint density at radius 1 is 1.10 bits per heavy atom. The highest BCUT2D eigenvalue weighted by Gasteiger charge is 2.13. The summed E-state index contributed by atoms with van der Waals surface area (Å²) in [6.07, 6.45) is 0.870. The molecule has 0 bridgehead atoms. The Hall–Kier alpha value is -2.33. The van der Waals surface area contributed by atoms with E-state index in [0.717, 1.165) is 46.7 Å². The molecule has 3 aromatic rings. The highest BCUT2D eigenvalue weighted by Crippen LogP contribution is 2.32. The quantitative estimate of drug-likeness (QED) is 0.278. The molecule has 0 amide bonds. The zero-order chi connectivity index (χ0) is 20.1. The van der Waals surface area contributed by atoms with Crippen LogP contribution in [0, 0.1) is 6.92 Å². The highest BCUT2D eigenvalue weighted by atomic mass is 127. The van der Waals surface area contributed by atoms with Crippen molar-refractivity contribution in [2.75, 3.05) is 20.4 Å². The lowest BCUT2D eigenvalue weighted by molar-refractivity contribution is 0.174. The van der Waals surface area contributed by atoms with E-state index in [1.165, 1.54) is 10.4 Å². The maximum atomic E-state index is 5.44. The fourth-order valence-corrected chi connectivity index (χ4v) is 4.11. The average molecular weight is 536 g/mol. The molecule has 1 aromatic heterocycles. The first-order chi connectivity index (χ1) is 14.2. The molecule has 30 heavy (non-hydrogen) atoms. The molecule has 0 fully saturated rings. The van der Waals surface area contributed by atoms with Gasteiger partial charge in [-0.3, -0.25) is 4.99 Å². The fourth-order valence-electron chi connectivity index (χ4n) is 3.10. The summed E-state index contributed by atoms with van der Waals surface area (Å²) in [6.45, 7) is 3.82. The Morgan fingerprint density at radius 3 is 2.70 bits per heavy atom. The summed E-state index contributed by atoms with van der Waals surface area (Å²) in [4.78, 5) is 10.2. The monoisotopic (exact) mass is 536 g/mol. The van der Waals surface area contributed by atoms with Gasteiger partial charge in [0.2, 0.25) is 6.79 Å². The van der Waals surface area contributed by atoms with Crippen molar-refractivity contribution in [1.82, 2.24) is 15.6 Å². The molecule has 158 valence electrons. The Balaban J connectivity index is 0.00000256. The van der Waals surface area contributed by atoms with Crippen molar-refractivity contribution in [2.24, 2.45) is 4.99 Å². The van der Waals surface area contributed by atoms with Crippen molar-refractivity contribution in [3.63, 3.8) is 0 Å². The minimum absolute atomic E-state index is 0. The molecule has 0 unspecified atom stereocenters. The molecule has 0 spiro atoms. The Labute approximate surface area is 197 Å². The van der Waals surface area contributed by atoms with Crippen LogP contribution in [0.1, 0.15) is 16.1 Å². The van der Waals surface area contributed by atoms with Crippen LogP contribution in [0.2, 0.25) is 0 Å². The summed E-state index contributed by atoms with van der Waals surface area (Å²) >= 11 is 1.71. The molecule has 8 heteroatoms. The van der Waals surface area contributed by atoms with Crippen LogP contribution in [0.25, 0.3) is 10.6 Å². The van der Waals surface area contributed by atoms with E-state index in [2.05, 4.69) is 40.7 Å². The van der Waals surface area contributed by atoms with E-state index < -0.39 is 0 Å². The summed E-state index contributed by atoms with van der Waals surface area (Å²) in [5.41, 5.74) is 3.40. The minimum Gasteiger partial charge on any atom is -0.454 e. The van der Waals surface area contributed by atoms with Gasteiger partial charge in [0.1, 0.15) is 5.01 Å². The summed E-state index contributed by atoms with van der Waals surface area (Å²) in [5, 5.41) is 7.80. The molecule has 0 atom stereocenters. The molecule has 6 nitrogen and oxygen atoms in total. The fraction of sp³-hybridized carbons (Fsp3) is 0.273. The van der Waals surface area contributed by atoms with Gasteiger partial charge in [-0.15, -0.1) is 35.3 Å². The molecule has 2 N–H and O–H groups in total. The van der Waals surface area contributed by atoms with Gasteiger partial charge in [-0.2, -0.15) is 0 Å².